The zero-order chi connectivity index (χ0) is 10.9. The average Bonchev–Trinajstić information content (AvgIpc) is 2.48. The maximum atomic E-state index is 5.25. The molecule has 0 N–H and O–H groups in total. The third-order valence-corrected chi connectivity index (χ3v) is 2.64. The van der Waals surface area contributed by atoms with Crippen molar-refractivity contribution in [2.24, 2.45) is 5.41 Å². The van der Waals surface area contributed by atoms with Gasteiger partial charge in [0.15, 0.2) is 5.82 Å². The summed E-state index contributed by atoms with van der Waals surface area (Å²) in [5, 5.41) is 3.96. The Kier molecular flexibility index (Phi) is 2.98. The molecule has 1 rings (SSSR count). The molecule has 0 fully saturated rings. The van der Waals surface area contributed by atoms with Crippen molar-refractivity contribution in [2.45, 2.75) is 53.4 Å². The molecule has 0 aliphatic rings. The van der Waals surface area contributed by atoms with Gasteiger partial charge in [0.05, 0.1) is 0 Å². The second-order valence-corrected chi connectivity index (χ2v) is 5.23. The number of aromatic nitrogens is 2. The van der Waals surface area contributed by atoms with Gasteiger partial charge < -0.3 is 4.52 Å². The first-order valence-electron chi connectivity index (χ1n) is 5.16. The summed E-state index contributed by atoms with van der Waals surface area (Å²) in [5.41, 5.74) is 0.167. The molecule has 1 aromatic heterocycles. The molecule has 0 unspecified atom stereocenters. The van der Waals surface area contributed by atoms with Crippen LogP contribution in [0.3, 0.4) is 0 Å². The van der Waals surface area contributed by atoms with E-state index in [1.165, 1.54) is 0 Å². The Balaban J connectivity index is 2.87. The summed E-state index contributed by atoms with van der Waals surface area (Å²) in [5.74, 6) is 2.18. The van der Waals surface area contributed by atoms with Crippen LogP contribution in [0.15, 0.2) is 4.52 Å². The molecule has 1 atom stereocenters. The molecular formula is C11H20N2O. The topological polar surface area (TPSA) is 38.9 Å². The van der Waals surface area contributed by atoms with Gasteiger partial charge in [0.1, 0.15) is 0 Å². The number of nitrogens with zero attached hydrogens (tertiary/aromatic N) is 2. The van der Waals surface area contributed by atoms with Gasteiger partial charge in [-0.05, 0) is 5.41 Å². The van der Waals surface area contributed by atoms with E-state index in [0.717, 1.165) is 11.7 Å². The smallest absolute Gasteiger partial charge is 0.230 e. The molecule has 0 aliphatic heterocycles. The van der Waals surface area contributed by atoms with Crippen LogP contribution in [0, 0.1) is 5.41 Å². The van der Waals surface area contributed by atoms with Crippen molar-refractivity contribution in [2.75, 3.05) is 0 Å². The molecule has 0 saturated heterocycles. The molecular weight excluding hydrogens is 176 g/mol. The van der Waals surface area contributed by atoms with Gasteiger partial charge in [0, 0.05) is 11.8 Å². The molecule has 1 heterocycles. The lowest BCUT2D eigenvalue weighted by molar-refractivity contribution is 0.261. The Bertz CT molecular complexity index is 296. The molecule has 0 radical (unpaired) electrons. The normalized spacial score (nSPS) is 14.8. The summed E-state index contributed by atoms with van der Waals surface area (Å²) in [4.78, 5) is 4.40. The largest absolute Gasteiger partial charge is 0.339 e. The van der Waals surface area contributed by atoms with Gasteiger partial charge in [-0.25, -0.2) is 0 Å². The highest BCUT2D eigenvalue weighted by molar-refractivity contribution is 4.99. The maximum Gasteiger partial charge on any atom is 0.230 e. The highest BCUT2D eigenvalue weighted by Crippen LogP contribution is 2.33. The van der Waals surface area contributed by atoms with E-state index in [2.05, 4.69) is 51.7 Å². The van der Waals surface area contributed by atoms with E-state index >= 15 is 0 Å². The fraction of sp³-hybridized carbons (Fsp3) is 0.818. The molecule has 80 valence electrons. The Morgan fingerprint density at radius 2 is 1.71 bits per heavy atom. The molecule has 1 aromatic rings. The molecule has 14 heavy (non-hydrogen) atoms. The van der Waals surface area contributed by atoms with Crippen LogP contribution in [-0.2, 0) is 0 Å². The van der Waals surface area contributed by atoms with Crippen molar-refractivity contribution in [3.63, 3.8) is 0 Å². The molecule has 0 bridgehead atoms. The van der Waals surface area contributed by atoms with Gasteiger partial charge in [-0.15, -0.1) is 0 Å². The lowest BCUT2D eigenvalue weighted by Crippen LogP contribution is -2.15. The Labute approximate surface area is 85.9 Å². The minimum Gasteiger partial charge on any atom is -0.339 e. The van der Waals surface area contributed by atoms with Crippen molar-refractivity contribution in [1.29, 1.82) is 0 Å². The summed E-state index contributed by atoms with van der Waals surface area (Å²) in [7, 11) is 0. The third-order valence-electron chi connectivity index (χ3n) is 2.64. The molecule has 3 nitrogen and oxygen atoms in total. The number of rotatable bonds is 2. The highest BCUT2D eigenvalue weighted by atomic mass is 16.5. The van der Waals surface area contributed by atoms with Gasteiger partial charge in [0.2, 0.25) is 5.89 Å². The van der Waals surface area contributed by atoms with Crippen LogP contribution >= 0.6 is 0 Å². The first-order valence-corrected chi connectivity index (χ1v) is 5.16. The van der Waals surface area contributed by atoms with E-state index in [4.69, 9.17) is 4.52 Å². The van der Waals surface area contributed by atoms with Gasteiger partial charge in [-0.3, -0.25) is 0 Å². The molecule has 0 aliphatic carbocycles. The zero-order valence-electron chi connectivity index (χ0n) is 9.96. The van der Waals surface area contributed by atoms with E-state index in [-0.39, 0.29) is 5.41 Å². The van der Waals surface area contributed by atoms with Crippen LogP contribution in [0.5, 0.6) is 0 Å². The highest BCUT2D eigenvalue weighted by Gasteiger charge is 2.27. The summed E-state index contributed by atoms with van der Waals surface area (Å²) in [6, 6.07) is 0. The lowest BCUT2D eigenvalue weighted by Gasteiger charge is -2.23. The van der Waals surface area contributed by atoms with Crippen molar-refractivity contribution in [3.8, 4) is 0 Å². The zero-order valence-corrected chi connectivity index (χ0v) is 9.96. The second-order valence-electron chi connectivity index (χ2n) is 5.23. The van der Waals surface area contributed by atoms with E-state index in [1.54, 1.807) is 0 Å². The maximum absolute atomic E-state index is 5.25. The van der Waals surface area contributed by atoms with E-state index in [9.17, 15) is 0 Å². The molecule has 0 amide bonds. The first-order chi connectivity index (χ1) is 6.32. The molecule has 0 saturated carbocycles. The molecule has 0 spiro atoms. The molecule has 3 heteroatoms. The quantitative estimate of drug-likeness (QED) is 0.728. The fourth-order valence-corrected chi connectivity index (χ4v) is 1.03. The Hall–Kier alpha value is -0.860. The van der Waals surface area contributed by atoms with Crippen molar-refractivity contribution in [1.82, 2.24) is 10.1 Å². The van der Waals surface area contributed by atoms with Crippen LogP contribution in [0.25, 0.3) is 0 Å². The summed E-state index contributed by atoms with van der Waals surface area (Å²) in [6.45, 7) is 12.8. The summed E-state index contributed by atoms with van der Waals surface area (Å²) < 4.78 is 5.25. The monoisotopic (exact) mass is 196 g/mol. The predicted octanol–water partition coefficient (Wildman–Crippen LogP) is 3.34. The minimum absolute atomic E-state index is 0.167. The van der Waals surface area contributed by atoms with Gasteiger partial charge in [-0.2, -0.15) is 4.98 Å². The van der Waals surface area contributed by atoms with Crippen molar-refractivity contribution < 1.29 is 4.52 Å². The minimum atomic E-state index is 0.167. The van der Waals surface area contributed by atoms with Crippen molar-refractivity contribution in [3.05, 3.63) is 11.7 Å². The predicted molar refractivity (Wildman–Crippen MR) is 56.3 cm³/mol. The second kappa shape index (κ2) is 3.71. The van der Waals surface area contributed by atoms with Crippen LogP contribution in [-0.4, -0.2) is 10.1 Å². The SMILES string of the molecule is CC(C)c1noc([C@@H](C)C(C)(C)C)n1. The van der Waals surface area contributed by atoms with E-state index in [1.807, 2.05) is 0 Å². The van der Waals surface area contributed by atoms with E-state index in [0.29, 0.717) is 11.8 Å². The third kappa shape index (κ3) is 2.34. The number of hydrogen-bond donors (Lipinski definition) is 0. The van der Waals surface area contributed by atoms with Crippen LogP contribution < -0.4 is 0 Å². The molecule has 0 aromatic carbocycles. The average molecular weight is 196 g/mol. The fourth-order valence-electron chi connectivity index (χ4n) is 1.03. The van der Waals surface area contributed by atoms with Crippen LogP contribution in [0.1, 0.15) is 65.1 Å². The Morgan fingerprint density at radius 3 is 2.07 bits per heavy atom. The standard InChI is InChI=1S/C11H20N2O/c1-7(2)9-12-10(14-13-9)8(3)11(4,5)6/h7-8H,1-6H3/t8-/m1/s1. The van der Waals surface area contributed by atoms with Crippen LogP contribution in [0.4, 0.5) is 0 Å². The van der Waals surface area contributed by atoms with Gasteiger partial charge in [-0.1, -0.05) is 46.7 Å². The van der Waals surface area contributed by atoms with Crippen molar-refractivity contribution >= 4 is 0 Å². The van der Waals surface area contributed by atoms with Gasteiger partial charge >= 0.3 is 0 Å². The first kappa shape index (κ1) is 11.2. The number of hydrogen-bond acceptors (Lipinski definition) is 3. The van der Waals surface area contributed by atoms with Crippen LogP contribution in [0.2, 0.25) is 0 Å². The summed E-state index contributed by atoms with van der Waals surface area (Å²) in [6.07, 6.45) is 0. The van der Waals surface area contributed by atoms with Gasteiger partial charge in [0.25, 0.3) is 0 Å². The van der Waals surface area contributed by atoms with E-state index < -0.39 is 0 Å². The lowest BCUT2D eigenvalue weighted by atomic mass is 9.82. The summed E-state index contributed by atoms with van der Waals surface area (Å²) >= 11 is 0. The Morgan fingerprint density at radius 1 is 1.14 bits per heavy atom.